The highest BCUT2D eigenvalue weighted by Gasteiger charge is 2.45. The van der Waals surface area contributed by atoms with Gasteiger partial charge in [0.05, 0.1) is 29.9 Å². The Morgan fingerprint density at radius 3 is 2.25 bits per heavy atom. The minimum Gasteiger partial charge on any atom is -0.487 e. The van der Waals surface area contributed by atoms with E-state index < -0.39 is 29.7 Å². The Hall–Kier alpha value is -6.35. The molecule has 59 heavy (non-hydrogen) atoms. The van der Waals surface area contributed by atoms with Crippen molar-refractivity contribution in [2.75, 3.05) is 57.3 Å². The zero-order valence-electron chi connectivity index (χ0n) is 33.3. The number of hydrogen-bond acceptors (Lipinski definition) is 12. The summed E-state index contributed by atoms with van der Waals surface area (Å²) in [6.45, 7) is 8.22. The van der Waals surface area contributed by atoms with Crippen LogP contribution in [0, 0.1) is 12.8 Å². The number of rotatable bonds is 10. The zero-order valence-corrected chi connectivity index (χ0v) is 33.3. The molecule has 3 aromatic carbocycles. The van der Waals surface area contributed by atoms with E-state index >= 15 is 0 Å². The van der Waals surface area contributed by atoms with Crippen LogP contribution >= 0.6 is 0 Å². The summed E-state index contributed by atoms with van der Waals surface area (Å²) in [6.07, 6.45) is 3.37. The monoisotopic (exact) mass is 801 g/mol. The molecule has 15 heteroatoms. The predicted molar refractivity (Wildman–Crippen MR) is 221 cm³/mol. The number of piperidine rings is 2. The number of nitrogens with one attached hydrogen (secondary N) is 1. The van der Waals surface area contributed by atoms with Gasteiger partial charge in [-0.1, -0.05) is 36.4 Å². The minimum atomic E-state index is -1.00. The molecule has 5 aliphatic heterocycles. The van der Waals surface area contributed by atoms with Gasteiger partial charge in [0.15, 0.2) is 0 Å². The average Bonchev–Trinajstić information content (AvgIpc) is 3.46. The molecule has 0 spiro atoms. The third-order valence-corrected chi connectivity index (χ3v) is 12.2. The van der Waals surface area contributed by atoms with Crippen LogP contribution in [0.25, 0.3) is 5.70 Å². The lowest BCUT2D eigenvalue weighted by molar-refractivity contribution is -0.138. The summed E-state index contributed by atoms with van der Waals surface area (Å²) in [5, 5.41) is 2.23. The highest BCUT2D eigenvalue weighted by atomic mass is 16.5. The lowest BCUT2D eigenvalue weighted by Crippen LogP contribution is -2.54. The number of anilines is 1. The number of fused-ring (bicyclic) bond motifs is 1. The van der Waals surface area contributed by atoms with Crippen molar-refractivity contribution in [3.8, 4) is 5.75 Å². The molecule has 5 aliphatic rings. The molecule has 0 aromatic heterocycles. The molecule has 4 fully saturated rings. The number of benzene rings is 3. The second-order valence-corrected chi connectivity index (χ2v) is 16.1. The quantitative estimate of drug-likeness (QED) is 0.172. The molecule has 3 aromatic rings. The molecule has 15 nitrogen and oxygen atoms in total. The van der Waals surface area contributed by atoms with Crippen LogP contribution in [-0.4, -0.2) is 114 Å². The van der Waals surface area contributed by atoms with Crippen LogP contribution in [0.3, 0.4) is 0 Å². The van der Waals surface area contributed by atoms with Gasteiger partial charge in [0.2, 0.25) is 17.7 Å². The van der Waals surface area contributed by atoms with Gasteiger partial charge in [-0.3, -0.25) is 39.1 Å². The van der Waals surface area contributed by atoms with Crippen LogP contribution < -0.4 is 32.2 Å². The molecular weight excluding hydrogens is 751 g/mol. The number of carbonyl (C=O) groups is 5. The van der Waals surface area contributed by atoms with E-state index in [1.165, 1.54) is 0 Å². The standard InChI is InChI=1S/C44H51N9O6/c1-27-5-2-3-8-33(27)36(45)23-38(40(46)47)52-25-32(26-52)59-31-7-4-6-28(21-31)24-49-17-19-51(20-18-49)42(56)29-13-15-50(16-14-29)30-9-10-34-35(22-30)44(58)53(43(34)57)37-11-12-39(54)48-41(37)55/h2-10,21-23,29,32,37H,11-20,24-26,45-47H2,1H3,(H,48,54,55)/b36-23-. The summed E-state index contributed by atoms with van der Waals surface area (Å²) in [4.78, 5) is 73.7. The van der Waals surface area contributed by atoms with Gasteiger partial charge in [-0.25, -0.2) is 0 Å². The number of nitrogens with two attached hydrogens (primary N) is 3. The first-order chi connectivity index (χ1) is 28.4. The van der Waals surface area contributed by atoms with Crippen molar-refractivity contribution < 1.29 is 28.7 Å². The Bertz CT molecular complexity index is 2230. The van der Waals surface area contributed by atoms with Gasteiger partial charge < -0.3 is 36.6 Å². The summed E-state index contributed by atoms with van der Waals surface area (Å²) in [5.74, 6) is -0.958. The number of imide groups is 2. The fourth-order valence-corrected chi connectivity index (χ4v) is 8.78. The second kappa shape index (κ2) is 16.5. The number of likely N-dealkylation sites (tertiary alicyclic amines) is 1. The van der Waals surface area contributed by atoms with Crippen molar-refractivity contribution in [3.05, 3.63) is 112 Å². The van der Waals surface area contributed by atoms with E-state index in [4.69, 9.17) is 21.9 Å². The summed E-state index contributed by atoms with van der Waals surface area (Å²) in [6, 6.07) is 20.3. The molecule has 5 amide bonds. The predicted octanol–water partition coefficient (Wildman–Crippen LogP) is 2.11. The third kappa shape index (κ3) is 8.19. The number of allylic oxidation sites excluding steroid dienone is 1. The van der Waals surface area contributed by atoms with E-state index in [0.717, 1.165) is 52.7 Å². The molecule has 308 valence electrons. The van der Waals surface area contributed by atoms with Gasteiger partial charge in [0.25, 0.3) is 11.8 Å². The molecule has 8 rings (SSSR count). The second-order valence-electron chi connectivity index (χ2n) is 16.1. The Morgan fingerprint density at radius 2 is 1.54 bits per heavy atom. The van der Waals surface area contributed by atoms with Crippen LogP contribution in [0.5, 0.6) is 5.75 Å². The Balaban J connectivity index is 0.784. The Morgan fingerprint density at radius 1 is 0.814 bits per heavy atom. The summed E-state index contributed by atoms with van der Waals surface area (Å²) in [7, 11) is 0. The molecule has 4 saturated heterocycles. The highest BCUT2D eigenvalue weighted by molar-refractivity contribution is 6.23. The van der Waals surface area contributed by atoms with Gasteiger partial charge in [-0.15, -0.1) is 0 Å². The number of nitrogens with zero attached hydrogens (tertiary/aromatic N) is 5. The van der Waals surface area contributed by atoms with Crippen molar-refractivity contribution in [1.29, 1.82) is 0 Å². The highest BCUT2D eigenvalue weighted by Crippen LogP contribution is 2.33. The maximum Gasteiger partial charge on any atom is 0.262 e. The van der Waals surface area contributed by atoms with Crippen LogP contribution in [0.2, 0.25) is 0 Å². The first kappa shape index (κ1) is 39.5. The van der Waals surface area contributed by atoms with E-state index in [-0.39, 0.29) is 47.7 Å². The molecule has 0 aliphatic carbocycles. The first-order valence-corrected chi connectivity index (χ1v) is 20.3. The number of ether oxygens (including phenoxy) is 1. The van der Waals surface area contributed by atoms with Gasteiger partial charge in [0.1, 0.15) is 23.7 Å². The lowest BCUT2D eigenvalue weighted by Gasteiger charge is -2.41. The molecule has 0 radical (unpaired) electrons. The van der Waals surface area contributed by atoms with Gasteiger partial charge in [0, 0.05) is 75.1 Å². The largest absolute Gasteiger partial charge is 0.487 e. The fraction of sp³-hybridized carbons (Fsp3) is 0.386. The molecule has 5 heterocycles. The van der Waals surface area contributed by atoms with E-state index in [9.17, 15) is 24.0 Å². The summed E-state index contributed by atoms with van der Waals surface area (Å²) >= 11 is 0. The number of aryl methyl sites for hydroxylation is 1. The van der Waals surface area contributed by atoms with Gasteiger partial charge in [-0.2, -0.15) is 0 Å². The lowest BCUT2D eigenvalue weighted by atomic mass is 9.94. The van der Waals surface area contributed by atoms with Crippen LogP contribution in [0.15, 0.2) is 84.3 Å². The van der Waals surface area contributed by atoms with E-state index in [1.54, 1.807) is 12.1 Å². The van der Waals surface area contributed by atoms with Crippen LogP contribution in [0.1, 0.15) is 63.1 Å². The van der Waals surface area contributed by atoms with E-state index in [0.29, 0.717) is 63.5 Å². The number of piperazine rings is 1. The third-order valence-electron chi connectivity index (χ3n) is 12.2. The molecule has 1 atom stereocenters. The summed E-state index contributed by atoms with van der Waals surface area (Å²) < 4.78 is 6.34. The van der Waals surface area contributed by atoms with Gasteiger partial charge >= 0.3 is 0 Å². The number of hydrogen-bond donors (Lipinski definition) is 4. The molecule has 0 saturated carbocycles. The van der Waals surface area contributed by atoms with Crippen molar-refractivity contribution in [3.63, 3.8) is 0 Å². The molecule has 1 unspecified atom stereocenters. The molecule has 7 N–H and O–H groups in total. The first-order valence-electron chi connectivity index (χ1n) is 20.3. The number of carbonyl (C=O) groups excluding carboxylic acids is 5. The SMILES string of the molecule is Cc1ccccc1/C(N)=C/C(=C(N)N)N1CC(Oc2cccc(CN3CCN(C(=O)C4CCN(c5ccc6c(c5)C(=O)N(C5CCC(=O)NC5=O)C6=O)CC4)CC3)c2)C1. The number of amides is 5. The maximum atomic E-state index is 13.6. The van der Waals surface area contributed by atoms with Crippen molar-refractivity contribution in [2.24, 2.45) is 23.1 Å². The smallest absolute Gasteiger partial charge is 0.262 e. The Labute approximate surface area is 343 Å². The topological polar surface area (TPSA) is 201 Å². The van der Waals surface area contributed by atoms with Crippen LogP contribution in [0.4, 0.5) is 5.69 Å². The van der Waals surface area contributed by atoms with E-state index in [1.807, 2.05) is 60.4 Å². The van der Waals surface area contributed by atoms with Crippen molar-refractivity contribution >= 4 is 40.9 Å². The van der Waals surface area contributed by atoms with Crippen molar-refractivity contribution in [1.82, 2.24) is 24.9 Å². The maximum absolute atomic E-state index is 13.6. The minimum absolute atomic E-state index is 0.0183. The van der Waals surface area contributed by atoms with E-state index in [2.05, 4.69) is 32.1 Å². The Kier molecular flexibility index (Phi) is 11.0. The molecule has 0 bridgehead atoms. The van der Waals surface area contributed by atoms with Gasteiger partial charge in [-0.05, 0) is 73.7 Å². The zero-order chi connectivity index (χ0) is 41.4. The van der Waals surface area contributed by atoms with Crippen molar-refractivity contribution in [2.45, 2.75) is 51.3 Å². The average molecular weight is 802 g/mol. The molecular formula is C44H51N9O6. The van der Waals surface area contributed by atoms with Crippen LogP contribution in [-0.2, 0) is 20.9 Å². The fourth-order valence-electron chi connectivity index (χ4n) is 8.78. The summed E-state index contributed by atoms with van der Waals surface area (Å²) in [5.41, 5.74) is 24.3. The normalized spacial score (nSPS) is 20.7.